The molecule has 11 heteroatoms. The summed E-state index contributed by atoms with van der Waals surface area (Å²) in [6.45, 7) is 1.61. The third-order valence-corrected chi connectivity index (χ3v) is 5.00. The second kappa shape index (κ2) is 8.65. The number of benzene rings is 1. The third-order valence-electron chi connectivity index (χ3n) is 4.10. The van der Waals surface area contributed by atoms with E-state index in [-0.39, 0.29) is 15.8 Å². The lowest BCUT2D eigenvalue weighted by atomic mass is 10.1. The molecule has 0 atom stereocenters. The van der Waals surface area contributed by atoms with Crippen molar-refractivity contribution in [1.82, 2.24) is 5.32 Å². The number of ether oxygens (including phenoxy) is 1. The van der Waals surface area contributed by atoms with Gasteiger partial charge >= 0.3 is 5.97 Å². The van der Waals surface area contributed by atoms with E-state index in [2.05, 4.69) is 20.3 Å². The van der Waals surface area contributed by atoms with E-state index in [0.29, 0.717) is 11.3 Å². The number of amidine groups is 1. The van der Waals surface area contributed by atoms with E-state index in [1.165, 1.54) is 19.4 Å². The highest BCUT2D eigenvalue weighted by Crippen LogP contribution is 2.31. The smallest absolute Gasteiger partial charge is 0.331 e. The molecule has 0 aliphatic carbocycles. The van der Waals surface area contributed by atoms with Crippen molar-refractivity contribution in [2.45, 2.75) is 12.8 Å². The maximum absolute atomic E-state index is 11.7. The number of rotatable bonds is 5. The molecule has 28 heavy (non-hydrogen) atoms. The predicted octanol–water partition coefficient (Wildman–Crippen LogP) is 1.80. The zero-order chi connectivity index (χ0) is 20.1. The van der Waals surface area contributed by atoms with Crippen molar-refractivity contribution in [3.63, 3.8) is 0 Å². The fourth-order valence-corrected chi connectivity index (χ4v) is 3.52. The lowest BCUT2D eigenvalue weighted by Crippen LogP contribution is -2.19. The summed E-state index contributed by atoms with van der Waals surface area (Å²) in [6, 6.07) is 4.88. The number of nitro benzene ring substituents is 1. The number of esters is 1. The summed E-state index contributed by atoms with van der Waals surface area (Å²) in [7, 11) is 1.21. The number of thioether (sulfide) groups is 1. The van der Waals surface area contributed by atoms with Gasteiger partial charge in [0, 0.05) is 30.8 Å². The monoisotopic (exact) mass is 403 g/mol. The summed E-state index contributed by atoms with van der Waals surface area (Å²) in [5, 5.41) is 21.8. The Bertz CT molecular complexity index is 905. The molecule has 0 unspecified atom stereocenters. The molecule has 0 bridgehead atoms. The highest BCUT2D eigenvalue weighted by molar-refractivity contribution is 8.18. The van der Waals surface area contributed by atoms with Gasteiger partial charge in [-0.2, -0.15) is 5.10 Å². The molecular formula is C17H17N5O5S. The van der Waals surface area contributed by atoms with Crippen molar-refractivity contribution in [3.05, 3.63) is 44.9 Å². The average Bonchev–Trinajstić information content (AvgIpc) is 3.32. The van der Waals surface area contributed by atoms with Crippen LogP contribution in [-0.4, -0.2) is 48.4 Å². The topological polar surface area (TPSA) is 126 Å². The standard InChI is InChI=1S/C17H17N5O5S/c1-27-15(23)9-14-16(24)19-17(28-14)20-18-10-11-4-5-12(13(8-11)22(25)26)21-6-2-3-7-21/h4-5,8-10H,2-3,6-7H2,1H3,(H,19,20,24)/b14-9+,18-10?. The maximum atomic E-state index is 11.7. The summed E-state index contributed by atoms with van der Waals surface area (Å²) >= 11 is 0.946. The van der Waals surface area contributed by atoms with Crippen LogP contribution in [0, 0.1) is 10.1 Å². The lowest BCUT2D eigenvalue weighted by Gasteiger charge is -2.17. The molecule has 0 aromatic heterocycles. The quantitative estimate of drug-likeness (QED) is 0.261. The number of nitrogens with one attached hydrogen (secondary N) is 1. The molecule has 1 aromatic carbocycles. The number of carbonyl (C=O) groups excluding carboxylic acids is 2. The normalized spacial score (nSPS) is 19.6. The zero-order valence-electron chi connectivity index (χ0n) is 15.0. The van der Waals surface area contributed by atoms with Crippen LogP contribution < -0.4 is 10.2 Å². The molecule has 0 spiro atoms. The van der Waals surface area contributed by atoms with E-state index in [4.69, 9.17) is 0 Å². The minimum Gasteiger partial charge on any atom is -0.466 e. The molecule has 0 radical (unpaired) electrons. The van der Waals surface area contributed by atoms with Crippen LogP contribution in [0.2, 0.25) is 0 Å². The molecule has 0 saturated carbocycles. The van der Waals surface area contributed by atoms with Crippen LogP contribution in [0.5, 0.6) is 0 Å². The van der Waals surface area contributed by atoms with Gasteiger partial charge in [-0.25, -0.2) is 4.79 Å². The molecule has 146 valence electrons. The van der Waals surface area contributed by atoms with Crippen LogP contribution in [0.4, 0.5) is 11.4 Å². The summed E-state index contributed by atoms with van der Waals surface area (Å²) in [6.07, 6.45) is 4.47. The molecule has 1 N–H and O–H groups in total. The highest BCUT2D eigenvalue weighted by Gasteiger charge is 2.25. The van der Waals surface area contributed by atoms with E-state index in [9.17, 15) is 19.7 Å². The fourth-order valence-electron chi connectivity index (χ4n) is 2.78. The summed E-state index contributed by atoms with van der Waals surface area (Å²) in [4.78, 5) is 36.1. The van der Waals surface area contributed by atoms with E-state index in [0.717, 1.165) is 43.8 Å². The molecule has 2 saturated heterocycles. The molecular weight excluding hydrogens is 386 g/mol. The number of nitro groups is 1. The fraction of sp³-hybridized carbons (Fsp3) is 0.294. The predicted molar refractivity (Wildman–Crippen MR) is 105 cm³/mol. The molecule has 2 fully saturated rings. The van der Waals surface area contributed by atoms with Crippen molar-refractivity contribution in [2.75, 3.05) is 25.1 Å². The average molecular weight is 403 g/mol. The van der Waals surface area contributed by atoms with Crippen molar-refractivity contribution in [3.8, 4) is 0 Å². The maximum Gasteiger partial charge on any atom is 0.331 e. The van der Waals surface area contributed by atoms with Crippen LogP contribution in [0.3, 0.4) is 0 Å². The molecule has 2 heterocycles. The number of methoxy groups -OCH3 is 1. The molecule has 1 aromatic rings. The number of anilines is 1. The van der Waals surface area contributed by atoms with Gasteiger partial charge in [0.1, 0.15) is 5.69 Å². The van der Waals surface area contributed by atoms with E-state index in [1.807, 2.05) is 4.90 Å². The van der Waals surface area contributed by atoms with E-state index < -0.39 is 16.8 Å². The van der Waals surface area contributed by atoms with Crippen LogP contribution >= 0.6 is 11.8 Å². The lowest BCUT2D eigenvalue weighted by molar-refractivity contribution is -0.384. The first-order valence-corrected chi connectivity index (χ1v) is 9.23. The Balaban J connectivity index is 1.74. The molecule has 10 nitrogen and oxygen atoms in total. The number of carbonyl (C=O) groups is 2. The van der Waals surface area contributed by atoms with Gasteiger partial charge in [0.2, 0.25) is 0 Å². The molecule has 2 aliphatic rings. The van der Waals surface area contributed by atoms with Gasteiger partial charge in [-0.15, -0.1) is 5.10 Å². The minimum absolute atomic E-state index is 0.0188. The van der Waals surface area contributed by atoms with Crippen LogP contribution in [0.25, 0.3) is 0 Å². The summed E-state index contributed by atoms with van der Waals surface area (Å²) in [5.41, 5.74) is 1.13. The number of hydrogen-bond donors (Lipinski definition) is 1. The van der Waals surface area contributed by atoms with Gasteiger partial charge < -0.3 is 9.64 Å². The van der Waals surface area contributed by atoms with Crippen molar-refractivity contribution in [1.29, 1.82) is 0 Å². The number of amides is 1. The molecule has 2 aliphatic heterocycles. The summed E-state index contributed by atoms with van der Waals surface area (Å²) < 4.78 is 4.48. The molecule has 1 amide bonds. The van der Waals surface area contributed by atoms with Crippen LogP contribution in [-0.2, 0) is 14.3 Å². The Hall–Kier alpha value is -3.21. The Morgan fingerprint density at radius 2 is 2.14 bits per heavy atom. The second-order valence-corrected chi connectivity index (χ2v) is 6.97. The van der Waals surface area contributed by atoms with Gasteiger partial charge in [-0.3, -0.25) is 20.2 Å². The third kappa shape index (κ3) is 4.55. The van der Waals surface area contributed by atoms with E-state index >= 15 is 0 Å². The van der Waals surface area contributed by atoms with E-state index in [1.54, 1.807) is 12.1 Å². The Morgan fingerprint density at radius 1 is 1.39 bits per heavy atom. The SMILES string of the molecule is COC(=O)/C=C1/S/C(=N\N=Cc2ccc(N3CCCC3)c([N+](=O)[O-])c2)NC1=O. The van der Waals surface area contributed by atoms with Crippen LogP contribution in [0.1, 0.15) is 18.4 Å². The number of hydrogen-bond acceptors (Lipinski definition) is 9. The van der Waals surface area contributed by atoms with Gasteiger partial charge in [0.15, 0.2) is 5.17 Å². The largest absolute Gasteiger partial charge is 0.466 e. The summed E-state index contributed by atoms with van der Waals surface area (Å²) in [5.74, 6) is -1.12. The minimum atomic E-state index is -0.646. The Kier molecular flexibility index (Phi) is 6.04. The van der Waals surface area contributed by atoms with Gasteiger partial charge in [0.05, 0.1) is 23.2 Å². The van der Waals surface area contributed by atoms with Crippen molar-refractivity contribution < 1.29 is 19.2 Å². The zero-order valence-corrected chi connectivity index (χ0v) is 15.8. The Morgan fingerprint density at radius 3 is 2.82 bits per heavy atom. The molecule has 3 rings (SSSR count). The van der Waals surface area contributed by atoms with Gasteiger partial charge in [-0.05, 0) is 30.7 Å². The first kappa shape index (κ1) is 19.5. The van der Waals surface area contributed by atoms with Gasteiger partial charge in [0.25, 0.3) is 11.6 Å². The first-order valence-electron chi connectivity index (χ1n) is 8.41. The highest BCUT2D eigenvalue weighted by atomic mass is 32.2. The van der Waals surface area contributed by atoms with Crippen molar-refractivity contribution in [2.24, 2.45) is 10.2 Å². The second-order valence-electron chi connectivity index (χ2n) is 5.94. The Labute approximate surface area is 164 Å². The van der Waals surface area contributed by atoms with Gasteiger partial charge in [-0.1, -0.05) is 6.07 Å². The number of nitrogens with zero attached hydrogens (tertiary/aromatic N) is 4. The first-order chi connectivity index (χ1) is 13.5. The van der Waals surface area contributed by atoms with Crippen molar-refractivity contribution >= 4 is 46.4 Å². The van der Waals surface area contributed by atoms with Crippen LogP contribution in [0.15, 0.2) is 39.4 Å².